The van der Waals surface area contributed by atoms with Gasteiger partial charge in [-0.15, -0.1) is 0 Å². The summed E-state index contributed by atoms with van der Waals surface area (Å²) in [6, 6.07) is 6.50. The van der Waals surface area contributed by atoms with E-state index in [1.807, 2.05) is 25.1 Å². The summed E-state index contributed by atoms with van der Waals surface area (Å²) in [4.78, 5) is 0. The number of aryl methyl sites for hydroxylation is 1. The molecule has 0 saturated heterocycles. The second-order valence-corrected chi connectivity index (χ2v) is 5.30. The van der Waals surface area contributed by atoms with Crippen LogP contribution in [0.1, 0.15) is 43.7 Å². The Balaban J connectivity index is 1.90. The fourth-order valence-electron chi connectivity index (χ4n) is 2.76. The monoisotopic (exact) mass is 233 g/mol. The largest absolute Gasteiger partial charge is 0.507 e. The Morgan fingerprint density at radius 3 is 2.76 bits per heavy atom. The SMILES string of the molecule is Cc1cccc(CN[C@H](C)C2CCCC2)c1O. The molecule has 0 aromatic heterocycles. The molecule has 1 aliphatic carbocycles. The molecule has 2 N–H and O–H groups in total. The van der Waals surface area contributed by atoms with Crippen molar-refractivity contribution in [1.82, 2.24) is 5.32 Å². The molecule has 0 unspecified atom stereocenters. The van der Waals surface area contributed by atoms with Crippen LogP contribution in [0.25, 0.3) is 0 Å². The fourth-order valence-corrected chi connectivity index (χ4v) is 2.76. The van der Waals surface area contributed by atoms with Gasteiger partial charge in [-0.2, -0.15) is 0 Å². The lowest BCUT2D eigenvalue weighted by Gasteiger charge is -2.20. The average molecular weight is 233 g/mol. The summed E-state index contributed by atoms with van der Waals surface area (Å²) in [6.45, 7) is 4.98. The van der Waals surface area contributed by atoms with E-state index in [9.17, 15) is 5.11 Å². The van der Waals surface area contributed by atoms with Gasteiger partial charge < -0.3 is 10.4 Å². The van der Waals surface area contributed by atoms with Crippen molar-refractivity contribution in [3.05, 3.63) is 29.3 Å². The number of phenolic OH excluding ortho intramolecular Hbond substituents is 1. The first kappa shape index (κ1) is 12.4. The van der Waals surface area contributed by atoms with Crippen molar-refractivity contribution in [3.63, 3.8) is 0 Å². The van der Waals surface area contributed by atoms with Gasteiger partial charge in [0.2, 0.25) is 0 Å². The molecule has 2 rings (SSSR count). The van der Waals surface area contributed by atoms with Crippen LogP contribution < -0.4 is 5.32 Å². The maximum Gasteiger partial charge on any atom is 0.122 e. The predicted molar refractivity (Wildman–Crippen MR) is 71.1 cm³/mol. The lowest BCUT2D eigenvalue weighted by Crippen LogP contribution is -2.31. The maximum absolute atomic E-state index is 9.94. The lowest BCUT2D eigenvalue weighted by atomic mass is 9.99. The molecule has 0 bridgehead atoms. The van der Waals surface area contributed by atoms with E-state index >= 15 is 0 Å². The van der Waals surface area contributed by atoms with Crippen LogP contribution >= 0.6 is 0 Å². The van der Waals surface area contributed by atoms with E-state index in [-0.39, 0.29) is 0 Å². The minimum Gasteiger partial charge on any atom is -0.507 e. The van der Waals surface area contributed by atoms with Crippen molar-refractivity contribution < 1.29 is 5.11 Å². The first-order valence-corrected chi connectivity index (χ1v) is 6.69. The molecule has 1 aromatic carbocycles. The second-order valence-electron chi connectivity index (χ2n) is 5.30. The molecular weight excluding hydrogens is 210 g/mol. The van der Waals surface area contributed by atoms with Crippen molar-refractivity contribution >= 4 is 0 Å². The highest BCUT2D eigenvalue weighted by atomic mass is 16.3. The van der Waals surface area contributed by atoms with Crippen LogP contribution in [0.2, 0.25) is 0 Å². The van der Waals surface area contributed by atoms with Crippen LogP contribution in [-0.2, 0) is 6.54 Å². The quantitative estimate of drug-likeness (QED) is 0.835. The summed E-state index contributed by atoms with van der Waals surface area (Å²) >= 11 is 0. The first-order chi connectivity index (χ1) is 8.18. The number of para-hydroxylation sites is 1. The van der Waals surface area contributed by atoms with Crippen LogP contribution in [0.5, 0.6) is 5.75 Å². The summed E-state index contributed by atoms with van der Waals surface area (Å²) in [5, 5.41) is 13.5. The Morgan fingerprint density at radius 1 is 1.35 bits per heavy atom. The highest BCUT2D eigenvalue weighted by Gasteiger charge is 2.21. The maximum atomic E-state index is 9.94. The number of rotatable bonds is 4. The molecule has 0 amide bonds. The topological polar surface area (TPSA) is 32.3 Å². The summed E-state index contributed by atoms with van der Waals surface area (Å²) in [6.07, 6.45) is 5.47. The fraction of sp³-hybridized carbons (Fsp3) is 0.600. The zero-order valence-electron chi connectivity index (χ0n) is 10.9. The lowest BCUT2D eigenvalue weighted by molar-refractivity contribution is 0.376. The highest BCUT2D eigenvalue weighted by molar-refractivity contribution is 5.39. The molecule has 0 spiro atoms. The van der Waals surface area contributed by atoms with Gasteiger partial charge in [-0.25, -0.2) is 0 Å². The molecule has 17 heavy (non-hydrogen) atoms. The van der Waals surface area contributed by atoms with Gasteiger partial charge in [0.15, 0.2) is 0 Å². The molecule has 2 heteroatoms. The van der Waals surface area contributed by atoms with Gasteiger partial charge in [0, 0.05) is 18.2 Å². The van der Waals surface area contributed by atoms with E-state index in [1.54, 1.807) is 0 Å². The molecule has 0 radical (unpaired) electrons. The number of hydrogen-bond acceptors (Lipinski definition) is 2. The van der Waals surface area contributed by atoms with Crippen LogP contribution in [0, 0.1) is 12.8 Å². The summed E-state index contributed by atoms with van der Waals surface area (Å²) in [5.74, 6) is 1.26. The second kappa shape index (κ2) is 5.54. The highest BCUT2D eigenvalue weighted by Crippen LogP contribution is 2.28. The van der Waals surface area contributed by atoms with Gasteiger partial charge in [0.1, 0.15) is 5.75 Å². The average Bonchev–Trinajstić information content (AvgIpc) is 2.84. The van der Waals surface area contributed by atoms with E-state index in [0.717, 1.165) is 23.6 Å². The Labute approximate surface area is 104 Å². The van der Waals surface area contributed by atoms with E-state index < -0.39 is 0 Å². The molecule has 94 valence electrons. The standard InChI is InChI=1S/C15H23NO/c1-11-6-5-9-14(15(11)17)10-16-12(2)13-7-3-4-8-13/h5-6,9,12-13,16-17H,3-4,7-8,10H2,1-2H3/t12-/m1/s1. The Kier molecular flexibility index (Phi) is 4.06. The number of nitrogens with one attached hydrogen (secondary N) is 1. The van der Waals surface area contributed by atoms with E-state index in [0.29, 0.717) is 11.8 Å². The van der Waals surface area contributed by atoms with Gasteiger partial charge in [-0.05, 0) is 38.2 Å². The van der Waals surface area contributed by atoms with Gasteiger partial charge in [0.25, 0.3) is 0 Å². The Bertz CT molecular complexity index is 369. The third-order valence-electron chi connectivity index (χ3n) is 4.04. The third kappa shape index (κ3) is 3.01. The molecule has 1 aromatic rings. The van der Waals surface area contributed by atoms with Crippen LogP contribution in [-0.4, -0.2) is 11.1 Å². The summed E-state index contributed by atoms with van der Waals surface area (Å²) in [5.41, 5.74) is 1.97. The Morgan fingerprint density at radius 2 is 2.06 bits per heavy atom. The third-order valence-corrected chi connectivity index (χ3v) is 4.04. The minimum absolute atomic E-state index is 0.443. The normalized spacial score (nSPS) is 18.5. The van der Waals surface area contributed by atoms with Crippen molar-refractivity contribution in [2.45, 2.75) is 52.1 Å². The van der Waals surface area contributed by atoms with Crippen molar-refractivity contribution in [1.29, 1.82) is 0 Å². The summed E-state index contributed by atoms with van der Waals surface area (Å²) in [7, 11) is 0. The van der Waals surface area contributed by atoms with Gasteiger partial charge in [0.05, 0.1) is 0 Å². The minimum atomic E-state index is 0.443. The van der Waals surface area contributed by atoms with Crippen molar-refractivity contribution in [3.8, 4) is 5.75 Å². The zero-order valence-corrected chi connectivity index (χ0v) is 10.9. The Hall–Kier alpha value is -1.02. The van der Waals surface area contributed by atoms with Crippen molar-refractivity contribution in [2.75, 3.05) is 0 Å². The van der Waals surface area contributed by atoms with Gasteiger partial charge in [-0.3, -0.25) is 0 Å². The molecule has 1 aliphatic rings. The number of hydrogen-bond donors (Lipinski definition) is 2. The van der Waals surface area contributed by atoms with Gasteiger partial charge in [-0.1, -0.05) is 31.0 Å². The van der Waals surface area contributed by atoms with E-state index in [4.69, 9.17) is 0 Å². The number of benzene rings is 1. The molecule has 2 nitrogen and oxygen atoms in total. The van der Waals surface area contributed by atoms with Crippen LogP contribution in [0.3, 0.4) is 0 Å². The molecular formula is C15H23NO. The summed E-state index contributed by atoms with van der Waals surface area (Å²) < 4.78 is 0. The van der Waals surface area contributed by atoms with Crippen LogP contribution in [0.15, 0.2) is 18.2 Å². The smallest absolute Gasteiger partial charge is 0.122 e. The predicted octanol–water partition coefficient (Wildman–Crippen LogP) is 3.37. The van der Waals surface area contributed by atoms with Crippen LogP contribution in [0.4, 0.5) is 0 Å². The van der Waals surface area contributed by atoms with Gasteiger partial charge >= 0.3 is 0 Å². The van der Waals surface area contributed by atoms with E-state index in [1.165, 1.54) is 25.7 Å². The van der Waals surface area contributed by atoms with E-state index in [2.05, 4.69) is 12.2 Å². The molecule has 1 fully saturated rings. The zero-order chi connectivity index (χ0) is 12.3. The first-order valence-electron chi connectivity index (χ1n) is 6.69. The molecule has 0 aliphatic heterocycles. The molecule has 1 atom stereocenters. The number of phenols is 1. The number of aromatic hydroxyl groups is 1. The van der Waals surface area contributed by atoms with Crippen molar-refractivity contribution in [2.24, 2.45) is 5.92 Å². The molecule has 0 heterocycles. The molecule has 1 saturated carbocycles.